The normalized spacial score (nSPS) is 20.3. The summed E-state index contributed by atoms with van der Waals surface area (Å²) in [4.78, 5) is 17.5. The molecule has 1 atom stereocenters. The van der Waals surface area contributed by atoms with Gasteiger partial charge in [0, 0.05) is 25.1 Å². The molecule has 16 heavy (non-hydrogen) atoms. The van der Waals surface area contributed by atoms with Crippen molar-refractivity contribution in [1.82, 2.24) is 4.98 Å². The number of hydrogen-bond donors (Lipinski definition) is 1. The van der Waals surface area contributed by atoms with Gasteiger partial charge < -0.3 is 15.4 Å². The highest BCUT2D eigenvalue weighted by molar-refractivity contribution is 9.10. The fraction of sp³-hybridized carbons (Fsp3) is 0.400. The Morgan fingerprint density at radius 1 is 1.62 bits per heavy atom. The summed E-state index contributed by atoms with van der Waals surface area (Å²) in [6.07, 6.45) is 0.387. The van der Waals surface area contributed by atoms with Crippen LogP contribution < -0.4 is 15.4 Å². The van der Waals surface area contributed by atoms with Crippen molar-refractivity contribution in [2.75, 3.05) is 18.6 Å². The highest BCUT2D eigenvalue weighted by Crippen LogP contribution is 2.29. The van der Waals surface area contributed by atoms with Crippen LogP contribution in [0.5, 0.6) is 5.88 Å². The molecule has 2 N–H and O–H groups in total. The maximum atomic E-state index is 11.7. The maximum absolute atomic E-state index is 11.7. The Morgan fingerprint density at radius 2 is 2.38 bits per heavy atom. The lowest BCUT2D eigenvalue weighted by Crippen LogP contribution is -2.28. The van der Waals surface area contributed by atoms with E-state index in [1.807, 2.05) is 0 Å². The zero-order valence-electron chi connectivity index (χ0n) is 8.81. The fourth-order valence-electron chi connectivity index (χ4n) is 1.69. The lowest BCUT2D eigenvalue weighted by atomic mass is 10.3. The van der Waals surface area contributed by atoms with Crippen LogP contribution in [0.3, 0.4) is 0 Å². The number of rotatable bonds is 2. The molecule has 0 radical (unpaired) electrons. The van der Waals surface area contributed by atoms with Gasteiger partial charge in [-0.05, 0) is 22.0 Å². The summed E-state index contributed by atoms with van der Waals surface area (Å²) in [5.74, 6) is 0.534. The Bertz CT molecular complexity index is 425. The summed E-state index contributed by atoms with van der Waals surface area (Å²) < 4.78 is 5.58. The van der Waals surface area contributed by atoms with E-state index < -0.39 is 0 Å². The molecule has 0 spiro atoms. The van der Waals surface area contributed by atoms with Gasteiger partial charge in [0.1, 0.15) is 4.60 Å². The molecule has 1 aliphatic heterocycles. The lowest BCUT2D eigenvalue weighted by Gasteiger charge is -2.17. The standard InChI is InChI=1S/C10H12BrN3O2/c1-16-8-3-2-7(10(11)13-8)14-5-6(12)4-9(14)15/h2-3,6H,4-5,12H2,1H3. The summed E-state index contributed by atoms with van der Waals surface area (Å²) in [5, 5.41) is 0. The number of methoxy groups -OCH3 is 1. The summed E-state index contributed by atoms with van der Waals surface area (Å²) in [7, 11) is 1.55. The predicted octanol–water partition coefficient (Wildman–Crippen LogP) is 0.917. The van der Waals surface area contributed by atoms with Crippen LogP contribution in [0, 0.1) is 0 Å². The SMILES string of the molecule is COc1ccc(N2CC(N)CC2=O)c(Br)n1. The maximum Gasteiger partial charge on any atom is 0.228 e. The Morgan fingerprint density at radius 3 is 2.88 bits per heavy atom. The van der Waals surface area contributed by atoms with Crippen molar-refractivity contribution in [3.05, 3.63) is 16.7 Å². The van der Waals surface area contributed by atoms with Gasteiger partial charge in [-0.3, -0.25) is 4.79 Å². The third-order valence-corrected chi connectivity index (χ3v) is 3.04. The quantitative estimate of drug-likeness (QED) is 0.821. The molecule has 1 fully saturated rings. The molecule has 1 aromatic heterocycles. The predicted molar refractivity (Wildman–Crippen MR) is 63.4 cm³/mol. The van der Waals surface area contributed by atoms with Crippen LogP contribution in [0.15, 0.2) is 16.7 Å². The van der Waals surface area contributed by atoms with Gasteiger partial charge in [-0.25, -0.2) is 4.98 Å². The van der Waals surface area contributed by atoms with Crippen LogP contribution >= 0.6 is 15.9 Å². The third-order valence-electron chi connectivity index (χ3n) is 2.46. The van der Waals surface area contributed by atoms with E-state index in [-0.39, 0.29) is 11.9 Å². The van der Waals surface area contributed by atoms with Gasteiger partial charge in [0.25, 0.3) is 0 Å². The van der Waals surface area contributed by atoms with Crippen molar-refractivity contribution >= 4 is 27.5 Å². The highest BCUT2D eigenvalue weighted by Gasteiger charge is 2.29. The van der Waals surface area contributed by atoms with Crippen molar-refractivity contribution < 1.29 is 9.53 Å². The zero-order chi connectivity index (χ0) is 11.7. The number of hydrogen-bond acceptors (Lipinski definition) is 4. The molecule has 0 saturated carbocycles. The second-order valence-corrected chi connectivity index (χ2v) is 4.38. The molecule has 5 nitrogen and oxygen atoms in total. The zero-order valence-corrected chi connectivity index (χ0v) is 10.4. The van der Waals surface area contributed by atoms with Gasteiger partial charge >= 0.3 is 0 Å². The highest BCUT2D eigenvalue weighted by atomic mass is 79.9. The van der Waals surface area contributed by atoms with Crippen molar-refractivity contribution in [2.45, 2.75) is 12.5 Å². The van der Waals surface area contributed by atoms with E-state index >= 15 is 0 Å². The topological polar surface area (TPSA) is 68.5 Å². The van der Waals surface area contributed by atoms with Crippen molar-refractivity contribution in [2.24, 2.45) is 5.73 Å². The second-order valence-electron chi connectivity index (χ2n) is 3.63. The van der Waals surface area contributed by atoms with E-state index in [0.29, 0.717) is 23.4 Å². The smallest absolute Gasteiger partial charge is 0.228 e. The van der Waals surface area contributed by atoms with Crippen molar-refractivity contribution in [1.29, 1.82) is 0 Å². The number of nitrogens with two attached hydrogens (primary N) is 1. The van der Waals surface area contributed by atoms with E-state index in [0.717, 1.165) is 5.69 Å². The number of anilines is 1. The van der Waals surface area contributed by atoms with Crippen LogP contribution in [0.25, 0.3) is 0 Å². The van der Waals surface area contributed by atoms with E-state index in [1.54, 1.807) is 24.1 Å². The van der Waals surface area contributed by atoms with Gasteiger partial charge in [0.15, 0.2) is 0 Å². The van der Waals surface area contributed by atoms with E-state index in [2.05, 4.69) is 20.9 Å². The molecule has 1 aromatic rings. The van der Waals surface area contributed by atoms with Gasteiger partial charge in [-0.2, -0.15) is 0 Å². The molecule has 1 aliphatic rings. The molecule has 1 unspecified atom stereocenters. The number of aromatic nitrogens is 1. The molecular formula is C10H12BrN3O2. The molecule has 2 heterocycles. The number of nitrogens with zero attached hydrogens (tertiary/aromatic N) is 2. The molecule has 6 heteroatoms. The Kier molecular flexibility index (Phi) is 3.11. The number of amides is 1. The molecule has 1 amide bonds. The number of pyridine rings is 1. The average Bonchev–Trinajstić information content (AvgIpc) is 2.57. The first-order valence-electron chi connectivity index (χ1n) is 4.88. The summed E-state index contributed by atoms with van der Waals surface area (Å²) in [6.45, 7) is 0.533. The first-order valence-corrected chi connectivity index (χ1v) is 5.67. The second kappa shape index (κ2) is 4.39. The Labute approximate surface area is 102 Å². The van der Waals surface area contributed by atoms with Gasteiger partial charge in [-0.1, -0.05) is 0 Å². The molecule has 1 saturated heterocycles. The minimum Gasteiger partial charge on any atom is -0.481 e. The van der Waals surface area contributed by atoms with Crippen LogP contribution in [0.1, 0.15) is 6.42 Å². The van der Waals surface area contributed by atoms with E-state index in [9.17, 15) is 4.79 Å². The summed E-state index contributed by atoms with van der Waals surface area (Å²) in [6, 6.07) is 3.42. The Balaban J connectivity index is 2.30. The first-order chi connectivity index (χ1) is 7.61. The van der Waals surface area contributed by atoms with Crippen LogP contribution in [-0.4, -0.2) is 30.6 Å². The molecule has 0 bridgehead atoms. The number of carbonyl (C=O) groups is 1. The van der Waals surface area contributed by atoms with Crippen LogP contribution in [0.4, 0.5) is 5.69 Å². The monoisotopic (exact) mass is 285 g/mol. The van der Waals surface area contributed by atoms with Gasteiger partial charge in [-0.15, -0.1) is 0 Å². The van der Waals surface area contributed by atoms with Crippen LogP contribution in [-0.2, 0) is 4.79 Å². The number of halogens is 1. The minimum atomic E-state index is -0.0958. The van der Waals surface area contributed by atoms with Gasteiger partial charge in [0.05, 0.1) is 12.8 Å². The fourth-order valence-corrected chi connectivity index (χ4v) is 2.21. The molecule has 86 valence electrons. The van der Waals surface area contributed by atoms with E-state index in [1.165, 1.54) is 0 Å². The number of carbonyl (C=O) groups excluding carboxylic acids is 1. The summed E-state index contributed by atoms with van der Waals surface area (Å²) in [5.41, 5.74) is 6.47. The lowest BCUT2D eigenvalue weighted by molar-refractivity contribution is -0.117. The van der Waals surface area contributed by atoms with Crippen molar-refractivity contribution in [3.8, 4) is 5.88 Å². The minimum absolute atomic E-state index is 0.0279. The first kappa shape index (κ1) is 11.3. The Hall–Kier alpha value is -1.14. The average molecular weight is 286 g/mol. The molecular weight excluding hydrogens is 274 g/mol. The molecule has 0 aliphatic carbocycles. The molecule has 0 aromatic carbocycles. The molecule has 2 rings (SSSR count). The van der Waals surface area contributed by atoms with Crippen molar-refractivity contribution in [3.63, 3.8) is 0 Å². The van der Waals surface area contributed by atoms with Gasteiger partial charge in [0.2, 0.25) is 11.8 Å². The number of ether oxygens (including phenoxy) is 1. The third kappa shape index (κ3) is 2.03. The largest absolute Gasteiger partial charge is 0.481 e. The van der Waals surface area contributed by atoms with Crippen LogP contribution in [0.2, 0.25) is 0 Å². The summed E-state index contributed by atoms with van der Waals surface area (Å²) >= 11 is 3.32. The van der Waals surface area contributed by atoms with E-state index in [4.69, 9.17) is 10.5 Å².